The van der Waals surface area contributed by atoms with Crippen LogP contribution < -0.4 is 11.1 Å². The molecule has 0 bridgehead atoms. The number of aromatic nitrogens is 2. The maximum absolute atomic E-state index is 11.7. The van der Waals surface area contributed by atoms with Gasteiger partial charge in [0, 0.05) is 0 Å². The van der Waals surface area contributed by atoms with Crippen LogP contribution in [0.4, 0.5) is 10.3 Å². The topological polar surface area (TPSA) is 101 Å². The molecule has 1 amide bonds. The lowest BCUT2D eigenvalue weighted by atomic mass is 10.2. The third-order valence-electron chi connectivity index (χ3n) is 1.81. The second-order valence-corrected chi connectivity index (χ2v) is 3.93. The summed E-state index contributed by atoms with van der Waals surface area (Å²) >= 11 is 1.06. The number of benzene rings is 1. The van der Waals surface area contributed by atoms with Crippen molar-refractivity contribution in [2.24, 2.45) is 0 Å². The Morgan fingerprint density at radius 3 is 2.75 bits per heavy atom. The number of nitrogens with two attached hydrogens (primary N) is 1. The van der Waals surface area contributed by atoms with E-state index in [-0.39, 0.29) is 16.4 Å². The van der Waals surface area contributed by atoms with E-state index in [4.69, 9.17) is 5.73 Å². The van der Waals surface area contributed by atoms with Gasteiger partial charge in [0.25, 0.3) is 5.91 Å². The van der Waals surface area contributed by atoms with Crippen molar-refractivity contribution < 1.29 is 9.90 Å². The Kier molecular flexibility index (Phi) is 2.69. The van der Waals surface area contributed by atoms with Crippen molar-refractivity contribution in [1.29, 1.82) is 0 Å². The number of carbonyl (C=O) groups is 1. The molecule has 1 aromatic carbocycles. The van der Waals surface area contributed by atoms with Gasteiger partial charge in [0.2, 0.25) is 10.3 Å². The van der Waals surface area contributed by atoms with Crippen LogP contribution in [0.3, 0.4) is 0 Å². The minimum Gasteiger partial charge on any atom is -0.507 e. The van der Waals surface area contributed by atoms with Gasteiger partial charge in [-0.3, -0.25) is 10.1 Å². The molecular weight excluding hydrogens is 228 g/mol. The van der Waals surface area contributed by atoms with Crippen molar-refractivity contribution in [1.82, 2.24) is 10.2 Å². The Bertz CT molecular complexity index is 526. The first-order valence-corrected chi connectivity index (χ1v) is 5.17. The molecule has 4 N–H and O–H groups in total. The van der Waals surface area contributed by atoms with E-state index in [2.05, 4.69) is 15.5 Å². The van der Waals surface area contributed by atoms with Crippen LogP contribution in [0.5, 0.6) is 5.75 Å². The average molecular weight is 236 g/mol. The zero-order chi connectivity index (χ0) is 11.5. The van der Waals surface area contributed by atoms with Crippen molar-refractivity contribution >= 4 is 27.5 Å². The highest BCUT2D eigenvalue weighted by atomic mass is 32.1. The van der Waals surface area contributed by atoms with Gasteiger partial charge in [0.05, 0.1) is 5.56 Å². The lowest BCUT2D eigenvalue weighted by molar-refractivity contribution is 0.102. The van der Waals surface area contributed by atoms with Crippen LogP contribution >= 0.6 is 11.3 Å². The molecule has 16 heavy (non-hydrogen) atoms. The molecule has 0 fully saturated rings. The highest BCUT2D eigenvalue weighted by molar-refractivity contribution is 7.19. The zero-order valence-electron chi connectivity index (χ0n) is 8.04. The van der Waals surface area contributed by atoms with E-state index in [1.807, 2.05) is 0 Å². The molecule has 1 aromatic heterocycles. The van der Waals surface area contributed by atoms with Gasteiger partial charge in [-0.2, -0.15) is 0 Å². The maximum Gasteiger partial charge on any atom is 0.261 e. The van der Waals surface area contributed by atoms with Crippen LogP contribution in [-0.2, 0) is 0 Å². The summed E-state index contributed by atoms with van der Waals surface area (Å²) in [5.41, 5.74) is 5.54. The number of rotatable bonds is 2. The molecule has 0 radical (unpaired) electrons. The number of nitrogen functional groups attached to an aromatic ring is 1. The summed E-state index contributed by atoms with van der Waals surface area (Å²) in [6.45, 7) is 0. The van der Waals surface area contributed by atoms with E-state index in [0.717, 1.165) is 11.3 Å². The van der Waals surface area contributed by atoms with Gasteiger partial charge in [0.1, 0.15) is 5.75 Å². The molecule has 7 heteroatoms. The number of anilines is 2. The van der Waals surface area contributed by atoms with E-state index in [1.165, 1.54) is 12.1 Å². The third-order valence-corrected chi connectivity index (χ3v) is 2.48. The monoisotopic (exact) mass is 236 g/mol. The van der Waals surface area contributed by atoms with Gasteiger partial charge in [-0.25, -0.2) is 0 Å². The van der Waals surface area contributed by atoms with Gasteiger partial charge in [-0.05, 0) is 12.1 Å². The summed E-state index contributed by atoms with van der Waals surface area (Å²) in [5, 5.41) is 19.7. The molecule has 82 valence electrons. The molecule has 1 heterocycles. The van der Waals surface area contributed by atoms with Gasteiger partial charge in [-0.15, -0.1) is 10.2 Å². The number of para-hydroxylation sites is 1. The molecule has 0 saturated carbocycles. The Hall–Kier alpha value is -2.15. The maximum atomic E-state index is 11.7. The number of phenols is 1. The van der Waals surface area contributed by atoms with E-state index in [9.17, 15) is 9.90 Å². The first-order chi connectivity index (χ1) is 7.66. The summed E-state index contributed by atoms with van der Waals surface area (Å²) in [6, 6.07) is 6.23. The first-order valence-electron chi connectivity index (χ1n) is 4.35. The van der Waals surface area contributed by atoms with Gasteiger partial charge in [0.15, 0.2) is 0 Å². The van der Waals surface area contributed by atoms with E-state index >= 15 is 0 Å². The zero-order valence-corrected chi connectivity index (χ0v) is 8.86. The number of aromatic hydroxyl groups is 1. The molecular formula is C9H8N4O2S. The number of hydrogen-bond donors (Lipinski definition) is 3. The molecule has 0 aliphatic carbocycles. The molecule has 0 unspecified atom stereocenters. The number of nitrogens with one attached hydrogen (secondary N) is 1. The largest absolute Gasteiger partial charge is 0.507 e. The van der Waals surface area contributed by atoms with E-state index < -0.39 is 5.91 Å². The Labute approximate surface area is 94.7 Å². The minimum absolute atomic E-state index is 0.0857. The number of amides is 1. The van der Waals surface area contributed by atoms with E-state index in [1.54, 1.807) is 12.1 Å². The second-order valence-electron chi connectivity index (χ2n) is 2.92. The number of nitrogens with zero attached hydrogens (tertiary/aromatic N) is 2. The minimum atomic E-state index is -0.450. The number of hydrogen-bond acceptors (Lipinski definition) is 6. The van der Waals surface area contributed by atoms with Crippen molar-refractivity contribution in [2.45, 2.75) is 0 Å². The van der Waals surface area contributed by atoms with Crippen LogP contribution in [0.15, 0.2) is 24.3 Å². The Morgan fingerprint density at radius 2 is 2.12 bits per heavy atom. The molecule has 6 nitrogen and oxygen atoms in total. The molecule has 0 aliphatic heterocycles. The first kappa shape index (κ1) is 10.4. The standard InChI is InChI=1S/C9H8N4O2S/c10-8-12-13-9(16-8)11-7(15)5-3-1-2-4-6(5)14/h1-4,14H,(H2,10,12)(H,11,13,15). The number of carbonyl (C=O) groups excluding carboxylic acids is 1. The molecule has 0 spiro atoms. The SMILES string of the molecule is Nc1nnc(NC(=O)c2ccccc2O)s1. The van der Waals surface area contributed by atoms with Crippen LogP contribution in [0, 0.1) is 0 Å². The Balaban J connectivity index is 2.18. The smallest absolute Gasteiger partial charge is 0.261 e. The number of phenolic OH excluding ortho intramolecular Hbond substituents is 1. The van der Waals surface area contributed by atoms with Crippen molar-refractivity contribution in [3.63, 3.8) is 0 Å². The average Bonchev–Trinajstić information content (AvgIpc) is 2.64. The van der Waals surface area contributed by atoms with Gasteiger partial charge in [-0.1, -0.05) is 23.5 Å². The second kappa shape index (κ2) is 4.15. The highest BCUT2D eigenvalue weighted by Gasteiger charge is 2.12. The van der Waals surface area contributed by atoms with Crippen molar-refractivity contribution in [3.05, 3.63) is 29.8 Å². The lowest BCUT2D eigenvalue weighted by Crippen LogP contribution is -2.11. The third kappa shape index (κ3) is 2.09. The summed E-state index contributed by atoms with van der Waals surface area (Å²) in [6.07, 6.45) is 0. The van der Waals surface area contributed by atoms with Crippen molar-refractivity contribution in [3.8, 4) is 5.75 Å². The fourth-order valence-electron chi connectivity index (χ4n) is 1.12. The summed E-state index contributed by atoms with van der Waals surface area (Å²) < 4.78 is 0. The van der Waals surface area contributed by atoms with Crippen LogP contribution in [0.25, 0.3) is 0 Å². The molecule has 0 atom stereocenters. The van der Waals surface area contributed by atoms with Crippen LogP contribution in [0.2, 0.25) is 0 Å². The normalized spacial score (nSPS) is 10.0. The quantitative estimate of drug-likeness (QED) is 0.724. The van der Waals surface area contributed by atoms with Gasteiger partial charge >= 0.3 is 0 Å². The summed E-state index contributed by atoms with van der Waals surface area (Å²) in [7, 11) is 0. The molecule has 2 rings (SSSR count). The van der Waals surface area contributed by atoms with Crippen molar-refractivity contribution in [2.75, 3.05) is 11.1 Å². The highest BCUT2D eigenvalue weighted by Crippen LogP contribution is 2.20. The molecule has 2 aromatic rings. The van der Waals surface area contributed by atoms with Gasteiger partial charge < -0.3 is 10.8 Å². The van der Waals surface area contributed by atoms with Crippen LogP contribution in [0.1, 0.15) is 10.4 Å². The predicted octanol–water partition coefficient (Wildman–Crippen LogP) is 1.08. The van der Waals surface area contributed by atoms with E-state index in [0.29, 0.717) is 5.13 Å². The molecule has 0 saturated heterocycles. The summed E-state index contributed by atoms with van der Waals surface area (Å²) in [5.74, 6) is -0.535. The fourth-order valence-corrected chi connectivity index (χ4v) is 1.62. The predicted molar refractivity (Wildman–Crippen MR) is 60.4 cm³/mol. The lowest BCUT2D eigenvalue weighted by Gasteiger charge is -2.02. The van der Waals surface area contributed by atoms with Crippen LogP contribution in [-0.4, -0.2) is 21.2 Å². The Morgan fingerprint density at radius 1 is 1.38 bits per heavy atom. The fraction of sp³-hybridized carbons (Fsp3) is 0. The molecule has 0 aliphatic rings. The summed E-state index contributed by atoms with van der Waals surface area (Å²) in [4.78, 5) is 11.7.